The van der Waals surface area contributed by atoms with Gasteiger partial charge >= 0.3 is 6.18 Å². The number of ether oxygens (including phenoxy) is 2. The molecule has 1 aromatic heterocycles. The van der Waals surface area contributed by atoms with Crippen LogP contribution in [0.15, 0.2) is 54.6 Å². The van der Waals surface area contributed by atoms with E-state index in [1.165, 1.54) is 18.2 Å². The molecule has 3 rings (SSSR count). The fourth-order valence-electron chi connectivity index (χ4n) is 2.19. The van der Waals surface area contributed by atoms with Crippen molar-refractivity contribution in [1.82, 2.24) is 4.98 Å². The zero-order valence-corrected chi connectivity index (χ0v) is 13.8. The topological polar surface area (TPSA) is 31.4 Å². The monoisotopic (exact) mass is 381 g/mol. The quantitative estimate of drug-likeness (QED) is 0.499. The Labute approximate surface area is 151 Å². The molecule has 0 amide bonds. The van der Waals surface area contributed by atoms with Gasteiger partial charge in [-0.05, 0) is 37.3 Å². The second-order valence-corrected chi connectivity index (χ2v) is 5.52. The highest BCUT2D eigenvalue weighted by molar-refractivity contribution is 5.38. The fraction of sp³-hybridized carbons (Fsp3) is 0.105. The summed E-state index contributed by atoms with van der Waals surface area (Å²) in [5.74, 6) is -3.47. The van der Waals surface area contributed by atoms with E-state index in [-0.39, 0.29) is 11.5 Å². The minimum Gasteiger partial charge on any atom is -0.436 e. The molecule has 0 aliphatic rings. The smallest absolute Gasteiger partial charge is 0.416 e. The van der Waals surface area contributed by atoms with Crippen molar-refractivity contribution in [2.45, 2.75) is 13.1 Å². The van der Waals surface area contributed by atoms with E-state index in [2.05, 4.69) is 4.98 Å². The van der Waals surface area contributed by atoms with Crippen LogP contribution in [0, 0.1) is 18.6 Å². The van der Waals surface area contributed by atoms with Crippen molar-refractivity contribution in [3.05, 3.63) is 77.4 Å². The summed E-state index contributed by atoms with van der Waals surface area (Å²) in [6, 6.07) is 11.9. The largest absolute Gasteiger partial charge is 0.436 e. The summed E-state index contributed by atoms with van der Waals surface area (Å²) in [7, 11) is 0. The summed E-state index contributed by atoms with van der Waals surface area (Å²) in [5.41, 5.74) is -1.40. The van der Waals surface area contributed by atoms with E-state index in [4.69, 9.17) is 9.47 Å². The first-order valence-electron chi connectivity index (χ1n) is 7.69. The van der Waals surface area contributed by atoms with Crippen LogP contribution in [0.25, 0.3) is 0 Å². The second kappa shape index (κ2) is 7.22. The molecular weight excluding hydrogens is 369 g/mol. The van der Waals surface area contributed by atoms with Crippen LogP contribution < -0.4 is 9.47 Å². The van der Waals surface area contributed by atoms with Crippen LogP contribution in [-0.4, -0.2) is 4.98 Å². The lowest BCUT2D eigenvalue weighted by molar-refractivity contribution is -0.137. The summed E-state index contributed by atoms with van der Waals surface area (Å²) in [6.45, 7) is 1.14. The van der Waals surface area contributed by atoms with Crippen molar-refractivity contribution >= 4 is 0 Å². The lowest BCUT2D eigenvalue weighted by atomic mass is 10.2. The molecule has 1 heterocycles. The molecule has 0 N–H and O–H groups in total. The van der Waals surface area contributed by atoms with Gasteiger partial charge in [0.15, 0.2) is 11.6 Å². The predicted octanol–water partition coefficient (Wildman–Crippen LogP) is 6.27. The van der Waals surface area contributed by atoms with E-state index in [0.29, 0.717) is 6.07 Å². The molecule has 2 aromatic carbocycles. The Hall–Kier alpha value is -3.16. The van der Waals surface area contributed by atoms with Crippen LogP contribution in [0.5, 0.6) is 23.3 Å². The van der Waals surface area contributed by atoms with E-state index < -0.39 is 40.7 Å². The Bertz CT molecular complexity index is 958. The van der Waals surface area contributed by atoms with Crippen LogP contribution in [0.1, 0.15) is 11.1 Å². The predicted molar refractivity (Wildman–Crippen MR) is 86.9 cm³/mol. The Kier molecular flexibility index (Phi) is 4.98. The van der Waals surface area contributed by atoms with Gasteiger partial charge in [0.1, 0.15) is 11.5 Å². The summed E-state index contributed by atoms with van der Waals surface area (Å²) >= 11 is 0. The molecule has 0 aliphatic carbocycles. The molecule has 0 fully saturated rings. The van der Waals surface area contributed by atoms with E-state index in [1.54, 1.807) is 18.2 Å². The van der Waals surface area contributed by atoms with Crippen molar-refractivity contribution in [3.63, 3.8) is 0 Å². The van der Waals surface area contributed by atoms with Gasteiger partial charge in [0, 0.05) is 5.56 Å². The molecule has 0 radical (unpaired) electrons. The third-order valence-electron chi connectivity index (χ3n) is 3.57. The number of nitrogens with zero attached hydrogens (tertiary/aromatic N) is 1. The lowest BCUT2D eigenvalue weighted by Gasteiger charge is -2.13. The van der Waals surface area contributed by atoms with Crippen LogP contribution >= 0.6 is 0 Å². The van der Waals surface area contributed by atoms with Gasteiger partial charge in [-0.3, -0.25) is 0 Å². The summed E-state index contributed by atoms with van der Waals surface area (Å²) in [5, 5.41) is 0. The zero-order chi connectivity index (χ0) is 19.6. The van der Waals surface area contributed by atoms with Gasteiger partial charge in [-0.1, -0.05) is 24.3 Å². The molecule has 3 nitrogen and oxygen atoms in total. The number of benzene rings is 2. The number of hydrogen-bond acceptors (Lipinski definition) is 3. The van der Waals surface area contributed by atoms with Crippen molar-refractivity contribution in [2.24, 2.45) is 0 Å². The zero-order valence-electron chi connectivity index (χ0n) is 13.8. The number of pyridine rings is 1. The Morgan fingerprint density at radius 2 is 1.33 bits per heavy atom. The normalized spacial score (nSPS) is 11.3. The number of aromatic nitrogens is 1. The van der Waals surface area contributed by atoms with Crippen molar-refractivity contribution in [1.29, 1.82) is 0 Å². The first kappa shape index (κ1) is 18.6. The molecule has 140 valence electrons. The number of rotatable bonds is 4. The summed E-state index contributed by atoms with van der Waals surface area (Å²) < 4.78 is 77.4. The number of para-hydroxylation sites is 1. The minimum absolute atomic E-state index is 0.250. The molecule has 0 aliphatic heterocycles. The second-order valence-electron chi connectivity index (χ2n) is 5.52. The van der Waals surface area contributed by atoms with Crippen LogP contribution in [0.2, 0.25) is 0 Å². The SMILES string of the molecule is Cc1c(F)c(Oc2ccccc2)nc(Oc2cccc(C(F)(F)F)c2)c1F. The minimum atomic E-state index is -4.59. The Morgan fingerprint density at radius 3 is 1.93 bits per heavy atom. The third-order valence-corrected chi connectivity index (χ3v) is 3.57. The van der Waals surface area contributed by atoms with E-state index >= 15 is 0 Å². The van der Waals surface area contributed by atoms with E-state index in [0.717, 1.165) is 19.1 Å². The van der Waals surface area contributed by atoms with Gasteiger partial charge in [0.2, 0.25) is 0 Å². The van der Waals surface area contributed by atoms with Gasteiger partial charge in [-0.2, -0.15) is 18.2 Å². The first-order valence-corrected chi connectivity index (χ1v) is 7.69. The van der Waals surface area contributed by atoms with Crippen molar-refractivity contribution in [2.75, 3.05) is 0 Å². The lowest BCUT2D eigenvalue weighted by Crippen LogP contribution is -2.05. The fourth-order valence-corrected chi connectivity index (χ4v) is 2.19. The molecule has 0 atom stereocenters. The first-order chi connectivity index (χ1) is 12.8. The van der Waals surface area contributed by atoms with E-state index in [9.17, 15) is 22.0 Å². The molecule has 8 heteroatoms. The maximum Gasteiger partial charge on any atom is 0.416 e. The number of hydrogen-bond donors (Lipinski definition) is 0. The molecule has 0 bridgehead atoms. The van der Waals surface area contributed by atoms with Gasteiger partial charge < -0.3 is 9.47 Å². The van der Waals surface area contributed by atoms with Crippen LogP contribution in [0.3, 0.4) is 0 Å². The Balaban J connectivity index is 1.96. The highest BCUT2D eigenvalue weighted by Gasteiger charge is 2.31. The molecular formula is C19H12F5NO2. The van der Waals surface area contributed by atoms with Gasteiger partial charge in [-0.25, -0.2) is 8.78 Å². The molecule has 0 saturated carbocycles. The Morgan fingerprint density at radius 1 is 0.778 bits per heavy atom. The molecule has 3 aromatic rings. The third kappa shape index (κ3) is 4.16. The van der Waals surface area contributed by atoms with Crippen molar-refractivity contribution < 1.29 is 31.4 Å². The highest BCUT2D eigenvalue weighted by atomic mass is 19.4. The molecule has 27 heavy (non-hydrogen) atoms. The van der Waals surface area contributed by atoms with Gasteiger partial charge in [-0.15, -0.1) is 0 Å². The maximum atomic E-state index is 14.3. The van der Waals surface area contributed by atoms with Crippen LogP contribution in [-0.2, 0) is 6.18 Å². The van der Waals surface area contributed by atoms with Crippen LogP contribution in [0.4, 0.5) is 22.0 Å². The molecule has 0 spiro atoms. The average Bonchev–Trinajstić information content (AvgIpc) is 2.64. The maximum absolute atomic E-state index is 14.3. The average molecular weight is 381 g/mol. The summed E-state index contributed by atoms with van der Waals surface area (Å²) in [6.07, 6.45) is -4.59. The molecule has 0 unspecified atom stereocenters. The molecule has 0 saturated heterocycles. The van der Waals surface area contributed by atoms with Crippen molar-refractivity contribution in [3.8, 4) is 23.3 Å². The van der Waals surface area contributed by atoms with Gasteiger partial charge in [0.05, 0.1) is 5.56 Å². The van der Waals surface area contributed by atoms with Gasteiger partial charge in [0.25, 0.3) is 11.8 Å². The highest BCUT2D eigenvalue weighted by Crippen LogP contribution is 2.35. The number of alkyl halides is 3. The number of halogens is 5. The summed E-state index contributed by atoms with van der Waals surface area (Å²) in [4.78, 5) is 3.64. The standard InChI is InChI=1S/C19H12F5NO2/c1-11-15(20)17(26-13-7-3-2-4-8-13)25-18(16(11)21)27-14-9-5-6-12(10-14)19(22,23)24/h2-10H,1H3. The van der Waals surface area contributed by atoms with E-state index in [1.807, 2.05) is 0 Å².